The van der Waals surface area contributed by atoms with Gasteiger partial charge in [-0.15, -0.1) is 0 Å². The number of hydrogen-bond donors (Lipinski definition) is 1. The number of rotatable bonds is 2. The van der Waals surface area contributed by atoms with Crippen LogP contribution in [-0.4, -0.2) is 4.98 Å². The van der Waals surface area contributed by atoms with Crippen LogP contribution < -0.4 is 5.73 Å². The van der Waals surface area contributed by atoms with Gasteiger partial charge in [0, 0.05) is 22.8 Å². The first-order chi connectivity index (χ1) is 7.29. The van der Waals surface area contributed by atoms with Crippen LogP contribution >= 0.6 is 15.9 Å². The average molecular weight is 263 g/mol. The van der Waals surface area contributed by atoms with Crippen LogP contribution in [0, 0.1) is 0 Å². The molecule has 0 radical (unpaired) electrons. The predicted octanol–water partition coefficient (Wildman–Crippen LogP) is 2.97. The zero-order chi connectivity index (χ0) is 10.7. The van der Waals surface area contributed by atoms with E-state index in [1.165, 1.54) is 0 Å². The fourth-order valence-corrected chi connectivity index (χ4v) is 1.59. The Labute approximate surface area is 97.3 Å². The van der Waals surface area contributed by atoms with Gasteiger partial charge in [-0.25, -0.2) is 0 Å². The maximum absolute atomic E-state index is 5.54. The fraction of sp³-hybridized carbons (Fsp3) is 0.0833. The van der Waals surface area contributed by atoms with Gasteiger partial charge in [0.05, 0.1) is 5.69 Å². The van der Waals surface area contributed by atoms with Crippen molar-refractivity contribution in [1.82, 2.24) is 4.98 Å². The van der Waals surface area contributed by atoms with Crippen molar-refractivity contribution in [1.29, 1.82) is 0 Å². The molecule has 0 amide bonds. The third kappa shape index (κ3) is 2.43. The molecule has 0 aliphatic carbocycles. The van der Waals surface area contributed by atoms with E-state index < -0.39 is 0 Å². The van der Waals surface area contributed by atoms with Gasteiger partial charge in [-0.2, -0.15) is 0 Å². The van der Waals surface area contributed by atoms with Crippen LogP contribution in [0.3, 0.4) is 0 Å². The Balaban J connectivity index is 2.33. The lowest BCUT2D eigenvalue weighted by molar-refractivity contribution is 1.07. The maximum atomic E-state index is 5.54. The van der Waals surface area contributed by atoms with E-state index in [1.807, 2.05) is 36.4 Å². The van der Waals surface area contributed by atoms with Crippen molar-refractivity contribution in [3.8, 4) is 11.3 Å². The summed E-state index contributed by atoms with van der Waals surface area (Å²) < 4.78 is 0.991. The van der Waals surface area contributed by atoms with Crippen molar-refractivity contribution in [3.63, 3.8) is 0 Å². The quantitative estimate of drug-likeness (QED) is 0.904. The summed E-state index contributed by atoms with van der Waals surface area (Å²) in [4.78, 5) is 4.33. The Bertz CT molecular complexity index is 434. The molecule has 0 fully saturated rings. The van der Waals surface area contributed by atoms with E-state index >= 15 is 0 Å². The zero-order valence-corrected chi connectivity index (χ0v) is 9.74. The lowest BCUT2D eigenvalue weighted by atomic mass is 10.1. The lowest BCUT2D eigenvalue weighted by Crippen LogP contribution is -1.95. The van der Waals surface area contributed by atoms with E-state index in [2.05, 4.69) is 20.9 Å². The van der Waals surface area contributed by atoms with Gasteiger partial charge in [-0.3, -0.25) is 4.98 Å². The van der Waals surface area contributed by atoms with Gasteiger partial charge < -0.3 is 5.73 Å². The Hall–Kier alpha value is -1.19. The largest absolute Gasteiger partial charge is 0.326 e. The molecule has 0 spiro atoms. The summed E-state index contributed by atoms with van der Waals surface area (Å²) in [5, 5.41) is 0. The van der Waals surface area contributed by atoms with Crippen molar-refractivity contribution in [2.24, 2.45) is 5.73 Å². The van der Waals surface area contributed by atoms with Crippen LogP contribution in [0.4, 0.5) is 0 Å². The van der Waals surface area contributed by atoms with Crippen LogP contribution in [0.25, 0.3) is 11.3 Å². The number of hydrogen-bond acceptors (Lipinski definition) is 2. The monoisotopic (exact) mass is 262 g/mol. The third-order valence-electron chi connectivity index (χ3n) is 2.21. The summed E-state index contributed by atoms with van der Waals surface area (Å²) in [7, 11) is 0. The lowest BCUT2D eigenvalue weighted by Gasteiger charge is -2.02. The number of nitrogens with zero attached hydrogens (tertiary/aromatic N) is 1. The standard InChI is InChI=1S/C12H11BrN2/c13-11-5-6-12(15-8-11)10-3-1-9(7-14)2-4-10/h1-6,8H,7,14H2. The molecule has 76 valence electrons. The summed E-state index contributed by atoms with van der Waals surface area (Å²) in [6.45, 7) is 0.577. The van der Waals surface area contributed by atoms with Crippen molar-refractivity contribution in [2.75, 3.05) is 0 Å². The second-order valence-electron chi connectivity index (χ2n) is 3.26. The van der Waals surface area contributed by atoms with Crippen molar-refractivity contribution < 1.29 is 0 Å². The van der Waals surface area contributed by atoms with Gasteiger partial charge in [0.2, 0.25) is 0 Å². The number of pyridine rings is 1. The third-order valence-corrected chi connectivity index (χ3v) is 2.68. The van der Waals surface area contributed by atoms with Gasteiger partial charge in [-0.1, -0.05) is 24.3 Å². The van der Waals surface area contributed by atoms with Crippen molar-refractivity contribution in [3.05, 3.63) is 52.6 Å². The Morgan fingerprint density at radius 1 is 1.07 bits per heavy atom. The van der Waals surface area contributed by atoms with Crippen molar-refractivity contribution >= 4 is 15.9 Å². The first kappa shape index (κ1) is 10.3. The molecule has 2 rings (SSSR count). The summed E-state index contributed by atoms with van der Waals surface area (Å²) in [5.74, 6) is 0. The van der Waals surface area contributed by atoms with Crippen LogP contribution in [0.2, 0.25) is 0 Å². The molecule has 0 unspecified atom stereocenters. The molecule has 2 aromatic rings. The van der Waals surface area contributed by atoms with E-state index in [0.717, 1.165) is 21.3 Å². The Morgan fingerprint density at radius 3 is 2.33 bits per heavy atom. The SMILES string of the molecule is NCc1ccc(-c2ccc(Br)cn2)cc1. The van der Waals surface area contributed by atoms with E-state index in [1.54, 1.807) is 6.20 Å². The second-order valence-corrected chi connectivity index (χ2v) is 4.18. The molecule has 0 atom stereocenters. The Kier molecular flexibility index (Phi) is 3.14. The number of halogens is 1. The molecular weight excluding hydrogens is 252 g/mol. The normalized spacial score (nSPS) is 10.3. The summed E-state index contributed by atoms with van der Waals surface area (Å²) in [6.07, 6.45) is 1.80. The fourth-order valence-electron chi connectivity index (χ4n) is 1.36. The maximum Gasteiger partial charge on any atom is 0.0702 e. The van der Waals surface area contributed by atoms with E-state index in [9.17, 15) is 0 Å². The average Bonchev–Trinajstić information content (AvgIpc) is 2.30. The molecule has 3 heteroatoms. The highest BCUT2D eigenvalue weighted by atomic mass is 79.9. The summed E-state index contributed by atoms with van der Waals surface area (Å²) >= 11 is 3.36. The predicted molar refractivity (Wildman–Crippen MR) is 65.3 cm³/mol. The molecule has 0 aliphatic rings. The van der Waals surface area contributed by atoms with E-state index in [0.29, 0.717) is 6.54 Å². The van der Waals surface area contributed by atoms with Crippen LogP contribution in [0.15, 0.2) is 47.1 Å². The number of aromatic nitrogens is 1. The molecule has 2 N–H and O–H groups in total. The van der Waals surface area contributed by atoms with Crippen LogP contribution in [0.1, 0.15) is 5.56 Å². The Morgan fingerprint density at radius 2 is 1.80 bits per heavy atom. The highest BCUT2D eigenvalue weighted by molar-refractivity contribution is 9.10. The van der Waals surface area contributed by atoms with Gasteiger partial charge >= 0.3 is 0 Å². The second kappa shape index (κ2) is 4.55. The summed E-state index contributed by atoms with van der Waals surface area (Å²) in [5.41, 5.74) is 8.76. The zero-order valence-electron chi connectivity index (χ0n) is 8.15. The summed E-state index contributed by atoms with van der Waals surface area (Å²) in [6, 6.07) is 12.1. The minimum absolute atomic E-state index is 0.577. The molecular formula is C12H11BrN2. The van der Waals surface area contributed by atoms with Crippen LogP contribution in [-0.2, 0) is 6.54 Å². The molecule has 1 heterocycles. The van der Waals surface area contributed by atoms with Gasteiger partial charge in [0.25, 0.3) is 0 Å². The molecule has 0 aliphatic heterocycles. The van der Waals surface area contributed by atoms with Crippen molar-refractivity contribution in [2.45, 2.75) is 6.54 Å². The highest BCUT2D eigenvalue weighted by Crippen LogP contribution is 2.19. The van der Waals surface area contributed by atoms with Gasteiger partial charge in [0.1, 0.15) is 0 Å². The smallest absolute Gasteiger partial charge is 0.0702 e. The molecule has 0 bridgehead atoms. The minimum atomic E-state index is 0.577. The molecule has 15 heavy (non-hydrogen) atoms. The number of nitrogens with two attached hydrogens (primary N) is 1. The molecule has 0 saturated heterocycles. The first-order valence-electron chi connectivity index (χ1n) is 4.70. The number of benzene rings is 1. The molecule has 1 aromatic carbocycles. The van der Waals surface area contributed by atoms with E-state index in [-0.39, 0.29) is 0 Å². The minimum Gasteiger partial charge on any atom is -0.326 e. The first-order valence-corrected chi connectivity index (χ1v) is 5.50. The molecule has 1 aromatic heterocycles. The van der Waals surface area contributed by atoms with E-state index in [4.69, 9.17) is 5.73 Å². The van der Waals surface area contributed by atoms with Gasteiger partial charge in [0.15, 0.2) is 0 Å². The van der Waals surface area contributed by atoms with Gasteiger partial charge in [-0.05, 0) is 33.6 Å². The molecule has 2 nitrogen and oxygen atoms in total. The topological polar surface area (TPSA) is 38.9 Å². The molecule has 0 saturated carbocycles. The highest BCUT2D eigenvalue weighted by Gasteiger charge is 1.98. The van der Waals surface area contributed by atoms with Crippen LogP contribution in [0.5, 0.6) is 0 Å².